The van der Waals surface area contributed by atoms with Crippen LogP contribution in [0.1, 0.15) is 28.4 Å². The Kier molecular flexibility index (Phi) is 4.97. The van der Waals surface area contributed by atoms with Crippen molar-refractivity contribution in [2.45, 2.75) is 19.3 Å². The monoisotopic (exact) mass is 392 g/mol. The summed E-state index contributed by atoms with van der Waals surface area (Å²) in [5.74, 6) is -0.587. The van der Waals surface area contributed by atoms with Crippen molar-refractivity contribution in [3.8, 4) is 5.75 Å². The normalized spacial score (nSPS) is 12.2. The van der Waals surface area contributed by atoms with Gasteiger partial charge in [-0.05, 0) is 42.8 Å². The van der Waals surface area contributed by atoms with Crippen LogP contribution in [0.15, 0.2) is 66.9 Å². The van der Waals surface area contributed by atoms with Gasteiger partial charge >= 0.3 is 0 Å². The van der Waals surface area contributed by atoms with Crippen LogP contribution in [-0.2, 0) is 6.42 Å². The van der Waals surface area contributed by atoms with Gasteiger partial charge in [-0.1, -0.05) is 41.9 Å². The lowest BCUT2D eigenvalue weighted by Crippen LogP contribution is -2.08. The lowest BCUT2D eigenvalue weighted by Gasteiger charge is -2.21. The summed E-state index contributed by atoms with van der Waals surface area (Å²) in [6, 6.07) is 17.7. The molecule has 0 spiro atoms. The molecule has 1 N–H and O–H groups in total. The first-order chi connectivity index (χ1) is 13.5. The molecule has 140 valence electrons. The van der Waals surface area contributed by atoms with Crippen LogP contribution in [0.3, 0.4) is 0 Å². The largest absolute Gasteiger partial charge is 0.505 e. The van der Waals surface area contributed by atoms with Gasteiger partial charge in [-0.25, -0.2) is 4.39 Å². The Hall–Kier alpha value is -2.98. The summed E-state index contributed by atoms with van der Waals surface area (Å²) in [6.45, 7) is 1.93. The highest BCUT2D eigenvalue weighted by atomic mass is 35.5. The molecule has 1 unspecified atom stereocenters. The molecule has 5 heteroatoms. The number of aromatic hydroxyl groups is 1. The molecule has 0 aliphatic heterocycles. The van der Waals surface area contributed by atoms with Crippen molar-refractivity contribution in [2.75, 3.05) is 0 Å². The highest BCUT2D eigenvalue weighted by Crippen LogP contribution is 2.40. The minimum atomic E-state index is -0.398. The molecule has 0 fully saturated rings. The molecule has 0 aliphatic rings. The van der Waals surface area contributed by atoms with Gasteiger partial charge in [0.05, 0.1) is 0 Å². The van der Waals surface area contributed by atoms with Crippen molar-refractivity contribution < 1.29 is 9.50 Å². The molecule has 0 saturated carbocycles. The van der Waals surface area contributed by atoms with E-state index in [1.54, 1.807) is 12.3 Å². The van der Waals surface area contributed by atoms with Gasteiger partial charge in [-0.15, -0.1) is 0 Å². The van der Waals surface area contributed by atoms with Crippen molar-refractivity contribution in [3.63, 3.8) is 0 Å². The van der Waals surface area contributed by atoms with Crippen LogP contribution < -0.4 is 0 Å². The second-order valence-electron chi connectivity index (χ2n) is 6.77. The summed E-state index contributed by atoms with van der Waals surface area (Å²) in [5, 5.41) is 12.1. The van der Waals surface area contributed by atoms with Gasteiger partial charge in [0, 0.05) is 45.9 Å². The number of fused-ring (bicyclic) bond motifs is 1. The van der Waals surface area contributed by atoms with Gasteiger partial charge in [-0.2, -0.15) is 0 Å². The highest BCUT2D eigenvalue weighted by molar-refractivity contribution is 6.31. The van der Waals surface area contributed by atoms with Crippen LogP contribution >= 0.6 is 11.6 Å². The zero-order chi connectivity index (χ0) is 19.7. The van der Waals surface area contributed by atoms with E-state index in [1.165, 1.54) is 12.1 Å². The van der Waals surface area contributed by atoms with Gasteiger partial charge < -0.3 is 5.11 Å². The number of hydrogen-bond acceptors (Lipinski definition) is 3. The Morgan fingerprint density at radius 2 is 1.86 bits per heavy atom. The van der Waals surface area contributed by atoms with Gasteiger partial charge in [-0.3, -0.25) is 9.97 Å². The number of pyridine rings is 2. The molecule has 0 bridgehead atoms. The molecule has 0 radical (unpaired) electrons. The average Bonchev–Trinajstić information content (AvgIpc) is 2.67. The SMILES string of the molecule is Cc1cccc(CC(c2ccc(F)cc2Cl)c2ccc3cccnc3c2O)n1. The number of phenolic OH excluding ortho intramolecular Hbond substituents is 1. The number of halogens is 2. The fourth-order valence-electron chi connectivity index (χ4n) is 3.52. The Bertz CT molecular complexity index is 1160. The molecule has 2 aromatic heterocycles. The van der Waals surface area contributed by atoms with Crippen LogP contribution in [-0.4, -0.2) is 15.1 Å². The van der Waals surface area contributed by atoms with Gasteiger partial charge in [0.1, 0.15) is 17.1 Å². The number of aryl methyl sites for hydroxylation is 1. The van der Waals surface area contributed by atoms with Crippen molar-refractivity contribution in [3.05, 3.63) is 100 Å². The summed E-state index contributed by atoms with van der Waals surface area (Å²) in [5.41, 5.74) is 3.72. The van der Waals surface area contributed by atoms with Crippen LogP contribution in [0.4, 0.5) is 4.39 Å². The third-order valence-electron chi connectivity index (χ3n) is 4.85. The van der Waals surface area contributed by atoms with Crippen LogP contribution in [0.2, 0.25) is 5.02 Å². The van der Waals surface area contributed by atoms with E-state index in [9.17, 15) is 9.50 Å². The minimum Gasteiger partial charge on any atom is -0.505 e. The maximum absolute atomic E-state index is 13.6. The summed E-state index contributed by atoms with van der Waals surface area (Å²) >= 11 is 6.38. The molecule has 3 nitrogen and oxygen atoms in total. The Morgan fingerprint density at radius 3 is 2.64 bits per heavy atom. The number of hydrogen-bond donors (Lipinski definition) is 1. The van der Waals surface area contributed by atoms with E-state index in [2.05, 4.69) is 9.97 Å². The van der Waals surface area contributed by atoms with Crippen molar-refractivity contribution >= 4 is 22.5 Å². The van der Waals surface area contributed by atoms with Crippen molar-refractivity contribution in [1.29, 1.82) is 0 Å². The fourth-order valence-corrected chi connectivity index (χ4v) is 3.82. The van der Waals surface area contributed by atoms with Crippen LogP contribution in [0, 0.1) is 12.7 Å². The zero-order valence-corrected chi connectivity index (χ0v) is 16.0. The molecule has 28 heavy (non-hydrogen) atoms. The lowest BCUT2D eigenvalue weighted by molar-refractivity contribution is 0.469. The molecular weight excluding hydrogens is 375 g/mol. The first kappa shape index (κ1) is 18.4. The standard InChI is InChI=1S/C23H18ClFN2O/c1-14-4-2-6-17(27-14)13-20(18-10-8-16(25)12-21(18)24)19-9-7-15-5-3-11-26-22(15)23(19)28/h2-12,20,28H,13H2,1H3. The smallest absolute Gasteiger partial charge is 0.145 e. The topological polar surface area (TPSA) is 46.0 Å². The molecule has 0 amide bonds. The predicted octanol–water partition coefficient (Wildman–Crippen LogP) is 5.81. The Labute approximate surface area is 167 Å². The maximum atomic E-state index is 13.6. The van der Waals surface area contributed by atoms with E-state index >= 15 is 0 Å². The summed E-state index contributed by atoms with van der Waals surface area (Å²) < 4.78 is 13.6. The third-order valence-corrected chi connectivity index (χ3v) is 5.18. The van der Waals surface area contributed by atoms with E-state index in [1.807, 2.05) is 49.4 Å². The summed E-state index contributed by atoms with van der Waals surface area (Å²) in [6.07, 6.45) is 2.16. The van der Waals surface area contributed by atoms with Crippen molar-refractivity contribution in [2.24, 2.45) is 0 Å². The zero-order valence-electron chi connectivity index (χ0n) is 15.2. The Balaban J connectivity index is 1.88. The van der Waals surface area contributed by atoms with Gasteiger partial charge in [0.15, 0.2) is 0 Å². The quantitative estimate of drug-likeness (QED) is 0.476. The lowest BCUT2D eigenvalue weighted by atomic mass is 9.86. The number of phenols is 1. The molecule has 0 aliphatic carbocycles. The van der Waals surface area contributed by atoms with Crippen LogP contribution in [0.5, 0.6) is 5.75 Å². The molecular formula is C23H18ClFN2O. The molecule has 4 aromatic rings. The summed E-state index contributed by atoms with van der Waals surface area (Å²) in [4.78, 5) is 8.91. The molecule has 1 atom stereocenters. The number of rotatable bonds is 4. The predicted molar refractivity (Wildman–Crippen MR) is 109 cm³/mol. The molecule has 4 rings (SSSR count). The van der Waals surface area contributed by atoms with E-state index in [0.717, 1.165) is 22.3 Å². The van der Waals surface area contributed by atoms with Gasteiger partial charge in [0.25, 0.3) is 0 Å². The third kappa shape index (κ3) is 3.56. The van der Waals surface area contributed by atoms with Crippen molar-refractivity contribution in [1.82, 2.24) is 9.97 Å². The first-order valence-electron chi connectivity index (χ1n) is 8.97. The fraction of sp³-hybridized carbons (Fsp3) is 0.130. The number of nitrogens with zero attached hydrogens (tertiary/aromatic N) is 2. The van der Waals surface area contributed by atoms with Gasteiger partial charge in [0.2, 0.25) is 0 Å². The molecule has 0 saturated heterocycles. The minimum absolute atomic E-state index is 0.108. The average molecular weight is 393 g/mol. The number of aromatic nitrogens is 2. The van der Waals surface area contributed by atoms with E-state index in [0.29, 0.717) is 22.5 Å². The second kappa shape index (κ2) is 7.56. The number of benzene rings is 2. The van der Waals surface area contributed by atoms with E-state index < -0.39 is 5.82 Å². The summed E-state index contributed by atoms with van der Waals surface area (Å²) in [7, 11) is 0. The molecule has 2 aromatic carbocycles. The second-order valence-corrected chi connectivity index (χ2v) is 7.18. The van der Waals surface area contributed by atoms with E-state index in [-0.39, 0.29) is 11.7 Å². The highest BCUT2D eigenvalue weighted by Gasteiger charge is 2.23. The maximum Gasteiger partial charge on any atom is 0.145 e. The van der Waals surface area contributed by atoms with Crippen LogP contribution in [0.25, 0.3) is 10.9 Å². The van der Waals surface area contributed by atoms with E-state index in [4.69, 9.17) is 11.6 Å². The Morgan fingerprint density at radius 1 is 1.04 bits per heavy atom. The molecule has 2 heterocycles. The first-order valence-corrected chi connectivity index (χ1v) is 9.35.